The minimum Gasteiger partial charge on any atom is -0.392 e. The fourth-order valence-corrected chi connectivity index (χ4v) is 2.06. The molecule has 0 radical (unpaired) electrons. The molecule has 0 atom stereocenters. The monoisotopic (exact) mass is 302 g/mol. The second kappa shape index (κ2) is 7.56. The number of likely N-dealkylation sites (N-methyl/N-ethyl adjacent to an activating group) is 1. The highest BCUT2D eigenvalue weighted by molar-refractivity contribution is 5.80. The largest absolute Gasteiger partial charge is 0.392 e. The Kier molecular flexibility index (Phi) is 5.49. The van der Waals surface area contributed by atoms with E-state index in [9.17, 15) is 9.18 Å². The van der Waals surface area contributed by atoms with Crippen molar-refractivity contribution in [1.82, 2.24) is 4.90 Å². The highest BCUT2D eigenvalue weighted by atomic mass is 19.1. The first-order valence-electron chi connectivity index (χ1n) is 7.01. The number of nitrogens with zero attached hydrogens (tertiary/aromatic N) is 1. The van der Waals surface area contributed by atoms with Gasteiger partial charge in [-0.2, -0.15) is 0 Å². The first-order chi connectivity index (χ1) is 10.6. The number of halogens is 1. The van der Waals surface area contributed by atoms with Crippen LogP contribution in [-0.4, -0.2) is 29.5 Å². The van der Waals surface area contributed by atoms with Crippen LogP contribution in [-0.2, 0) is 17.9 Å². The molecule has 1 amide bonds. The molecule has 2 aromatic rings. The number of aliphatic hydroxyl groups is 1. The van der Waals surface area contributed by atoms with Gasteiger partial charge in [-0.1, -0.05) is 30.3 Å². The summed E-state index contributed by atoms with van der Waals surface area (Å²) in [4.78, 5) is 13.6. The first-order valence-corrected chi connectivity index (χ1v) is 7.01. The second-order valence-electron chi connectivity index (χ2n) is 5.05. The lowest BCUT2D eigenvalue weighted by atomic mass is 10.2. The van der Waals surface area contributed by atoms with E-state index in [0.29, 0.717) is 5.56 Å². The Bertz CT molecular complexity index is 646. The molecule has 0 fully saturated rings. The quantitative estimate of drug-likeness (QED) is 0.861. The zero-order valence-corrected chi connectivity index (χ0v) is 12.4. The van der Waals surface area contributed by atoms with Crippen molar-refractivity contribution in [2.45, 2.75) is 13.2 Å². The molecule has 0 aliphatic rings. The molecule has 0 unspecified atom stereocenters. The fourth-order valence-electron chi connectivity index (χ4n) is 2.06. The van der Waals surface area contributed by atoms with E-state index in [1.807, 2.05) is 6.07 Å². The molecular weight excluding hydrogens is 283 g/mol. The summed E-state index contributed by atoms with van der Waals surface area (Å²) in [6.45, 7) is 0.292. The summed E-state index contributed by atoms with van der Waals surface area (Å²) in [5.74, 6) is -0.455. The third-order valence-corrected chi connectivity index (χ3v) is 3.34. The summed E-state index contributed by atoms with van der Waals surface area (Å²) in [6.07, 6.45) is 0. The Balaban J connectivity index is 1.90. The summed E-state index contributed by atoms with van der Waals surface area (Å²) in [5, 5.41) is 12.1. The van der Waals surface area contributed by atoms with Crippen LogP contribution in [0.5, 0.6) is 0 Å². The van der Waals surface area contributed by atoms with Crippen molar-refractivity contribution in [2.75, 3.05) is 18.9 Å². The van der Waals surface area contributed by atoms with Crippen molar-refractivity contribution in [2.24, 2.45) is 0 Å². The van der Waals surface area contributed by atoms with Crippen molar-refractivity contribution in [3.8, 4) is 0 Å². The van der Waals surface area contributed by atoms with E-state index in [1.54, 1.807) is 43.4 Å². The normalized spacial score (nSPS) is 10.3. The number of carbonyl (C=O) groups excluding carboxylic acids is 1. The lowest BCUT2D eigenvalue weighted by Gasteiger charge is -2.18. The maximum Gasteiger partial charge on any atom is 0.241 e. The van der Waals surface area contributed by atoms with Crippen LogP contribution in [0.3, 0.4) is 0 Å². The Hall–Kier alpha value is -2.40. The third-order valence-electron chi connectivity index (χ3n) is 3.34. The number of amides is 1. The molecule has 0 saturated heterocycles. The average Bonchev–Trinajstić information content (AvgIpc) is 2.54. The van der Waals surface area contributed by atoms with Crippen LogP contribution in [0.15, 0.2) is 48.5 Å². The van der Waals surface area contributed by atoms with Gasteiger partial charge in [0.05, 0.1) is 13.2 Å². The standard InChI is InChI=1S/C17H19FN2O2/c1-20(11-14-6-2-3-8-16(14)18)17(22)10-19-15-7-4-5-13(9-15)12-21/h2-9,19,21H,10-12H2,1H3. The molecule has 0 spiro atoms. The minimum atomic E-state index is -0.314. The zero-order chi connectivity index (χ0) is 15.9. The van der Waals surface area contributed by atoms with Gasteiger partial charge < -0.3 is 15.3 Å². The van der Waals surface area contributed by atoms with Gasteiger partial charge in [-0.05, 0) is 23.8 Å². The van der Waals surface area contributed by atoms with Crippen molar-refractivity contribution in [1.29, 1.82) is 0 Å². The topological polar surface area (TPSA) is 52.6 Å². The van der Waals surface area contributed by atoms with E-state index in [1.165, 1.54) is 11.0 Å². The SMILES string of the molecule is CN(Cc1ccccc1F)C(=O)CNc1cccc(CO)c1. The molecule has 4 nitrogen and oxygen atoms in total. The highest BCUT2D eigenvalue weighted by Crippen LogP contribution is 2.11. The molecule has 0 aliphatic heterocycles. The van der Waals surface area contributed by atoms with Gasteiger partial charge in [0, 0.05) is 24.8 Å². The summed E-state index contributed by atoms with van der Waals surface area (Å²) in [7, 11) is 1.64. The van der Waals surface area contributed by atoms with Gasteiger partial charge in [0.1, 0.15) is 5.82 Å². The molecule has 0 bridgehead atoms. The fraction of sp³-hybridized carbons (Fsp3) is 0.235. The van der Waals surface area contributed by atoms with Gasteiger partial charge >= 0.3 is 0 Å². The van der Waals surface area contributed by atoms with Crippen LogP contribution in [0.2, 0.25) is 0 Å². The van der Waals surface area contributed by atoms with Gasteiger partial charge in [0.2, 0.25) is 5.91 Å². The average molecular weight is 302 g/mol. The number of aliphatic hydroxyl groups excluding tert-OH is 1. The van der Waals surface area contributed by atoms with Crippen LogP contribution < -0.4 is 5.32 Å². The van der Waals surface area contributed by atoms with E-state index in [0.717, 1.165) is 11.3 Å². The summed E-state index contributed by atoms with van der Waals surface area (Å²) in [6, 6.07) is 13.6. The van der Waals surface area contributed by atoms with Crippen LogP contribution in [0.1, 0.15) is 11.1 Å². The molecule has 0 heterocycles. The van der Waals surface area contributed by atoms with E-state index in [4.69, 9.17) is 5.11 Å². The molecule has 5 heteroatoms. The molecule has 2 rings (SSSR count). The van der Waals surface area contributed by atoms with Crippen LogP contribution in [0.25, 0.3) is 0 Å². The lowest BCUT2D eigenvalue weighted by molar-refractivity contribution is -0.128. The Morgan fingerprint density at radius 3 is 2.73 bits per heavy atom. The van der Waals surface area contributed by atoms with Crippen LogP contribution in [0.4, 0.5) is 10.1 Å². The summed E-state index contributed by atoms with van der Waals surface area (Å²) in [5.41, 5.74) is 2.02. The number of carbonyl (C=O) groups is 1. The smallest absolute Gasteiger partial charge is 0.241 e. The predicted molar refractivity (Wildman–Crippen MR) is 83.7 cm³/mol. The van der Waals surface area contributed by atoms with Gasteiger partial charge in [-0.25, -0.2) is 4.39 Å². The minimum absolute atomic E-state index is 0.0450. The van der Waals surface area contributed by atoms with Crippen LogP contribution in [0, 0.1) is 5.82 Å². The van der Waals surface area contributed by atoms with E-state index in [2.05, 4.69) is 5.32 Å². The van der Waals surface area contributed by atoms with Crippen molar-refractivity contribution in [3.63, 3.8) is 0 Å². The van der Waals surface area contributed by atoms with Gasteiger partial charge in [-0.3, -0.25) is 4.79 Å². The van der Waals surface area contributed by atoms with Gasteiger partial charge in [-0.15, -0.1) is 0 Å². The molecule has 2 aromatic carbocycles. The molecule has 116 valence electrons. The molecule has 22 heavy (non-hydrogen) atoms. The molecular formula is C17H19FN2O2. The Morgan fingerprint density at radius 1 is 1.23 bits per heavy atom. The van der Waals surface area contributed by atoms with E-state index < -0.39 is 0 Å². The second-order valence-corrected chi connectivity index (χ2v) is 5.05. The number of anilines is 1. The van der Waals surface area contributed by atoms with Crippen molar-refractivity contribution < 1.29 is 14.3 Å². The third kappa shape index (κ3) is 4.30. The van der Waals surface area contributed by atoms with Crippen LogP contribution >= 0.6 is 0 Å². The maximum absolute atomic E-state index is 13.6. The predicted octanol–water partition coefficient (Wildman–Crippen LogP) is 2.39. The van der Waals surface area contributed by atoms with Crippen molar-refractivity contribution in [3.05, 3.63) is 65.5 Å². The molecule has 2 N–H and O–H groups in total. The summed E-state index contributed by atoms with van der Waals surface area (Å²) >= 11 is 0. The van der Waals surface area contributed by atoms with Crippen molar-refractivity contribution >= 4 is 11.6 Å². The zero-order valence-electron chi connectivity index (χ0n) is 12.4. The Labute approximate surface area is 129 Å². The number of hydrogen-bond donors (Lipinski definition) is 2. The molecule has 0 saturated carbocycles. The number of rotatable bonds is 6. The van der Waals surface area contributed by atoms with Gasteiger partial charge in [0.15, 0.2) is 0 Å². The number of benzene rings is 2. The number of nitrogens with one attached hydrogen (secondary N) is 1. The lowest BCUT2D eigenvalue weighted by Crippen LogP contribution is -2.32. The number of hydrogen-bond acceptors (Lipinski definition) is 3. The van der Waals surface area contributed by atoms with E-state index >= 15 is 0 Å². The Morgan fingerprint density at radius 2 is 2.00 bits per heavy atom. The first kappa shape index (κ1) is 16.0. The molecule has 0 aromatic heterocycles. The summed E-state index contributed by atoms with van der Waals surface area (Å²) < 4.78 is 13.6. The highest BCUT2D eigenvalue weighted by Gasteiger charge is 2.11. The molecule has 0 aliphatic carbocycles. The van der Waals surface area contributed by atoms with E-state index in [-0.39, 0.29) is 31.4 Å². The maximum atomic E-state index is 13.6. The van der Waals surface area contributed by atoms with Gasteiger partial charge in [0.25, 0.3) is 0 Å².